The summed E-state index contributed by atoms with van der Waals surface area (Å²) in [6.45, 7) is 15.9. The highest BCUT2D eigenvalue weighted by Gasteiger charge is 2.39. The van der Waals surface area contributed by atoms with Crippen LogP contribution in [-0.2, 0) is 65.6 Å². The van der Waals surface area contributed by atoms with Crippen molar-refractivity contribution in [1.82, 2.24) is 56.0 Å². The number of rotatable bonds is 10. The lowest BCUT2D eigenvalue weighted by Crippen LogP contribution is -2.60. The van der Waals surface area contributed by atoms with Crippen molar-refractivity contribution in [3.63, 3.8) is 0 Å². The van der Waals surface area contributed by atoms with E-state index in [0.717, 1.165) is 9.80 Å². The summed E-state index contributed by atoms with van der Waals surface area (Å²) in [7, 11) is 8.40. The Bertz CT molecular complexity index is 2490. The van der Waals surface area contributed by atoms with E-state index in [4.69, 9.17) is 0 Å². The van der Waals surface area contributed by atoms with Crippen LogP contribution in [0.25, 0.3) is 0 Å². The molecule has 3 rings (SSSR count). The van der Waals surface area contributed by atoms with Gasteiger partial charge in [0.1, 0.15) is 54.4 Å². The van der Waals surface area contributed by atoms with Crippen LogP contribution in [0.5, 0.6) is 0 Å². The van der Waals surface area contributed by atoms with Gasteiger partial charge in [-0.25, -0.2) is 0 Å². The second-order valence-corrected chi connectivity index (χ2v) is 22.4. The first-order valence-corrected chi connectivity index (χ1v) is 27.5. The predicted octanol–water partition coefficient (Wildman–Crippen LogP) is 1.35. The van der Waals surface area contributed by atoms with Crippen LogP contribution in [0.1, 0.15) is 99.6 Å². The van der Waals surface area contributed by atoms with Crippen molar-refractivity contribution in [2.45, 2.75) is 156 Å². The highest BCUT2D eigenvalue weighted by molar-refractivity contribution is 5.99. The zero-order valence-electron chi connectivity index (χ0n) is 49.8. The molecule has 5 N–H and O–H groups in total. The molecule has 442 valence electrons. The highest BCUT2D eigenvalue weighted by Crippen LogP contribution is 2.19. The lowest BCUT2D eigenvalue weighted by molar-refractivity contribution is -0.148. The van der Waals surface area contributed by atoms with Crippen LogP contribution in [0.2, 0.25) is 0 Å². The van der Waals surface area contributed by atoms with Crippen LogP contribution < -0.4 is 26.6 Å². The van der Waals surface area contributed by atoms with E-state index in [0.29, 0.717) is 11.1 Å². The number of benzene rings is 2. The molecular formula is C58H89N11O11. The minimum Gasteiger partial charge on any atom is -0.345 e. The molecule has 0 unspecified atom stereocenters. The summed E-state index contributed by atoms with van der Waals surface area (Å²) in [5, 5.41) is 13.6. The quantitative estimate of drug-likeness (QED) is 0.227. The van der Waals surface area contributed by atoms with Crippen molar-refractivity contribution in [3.05, 3.63) is 71.8 Å². The summed E-state index contributed by atoms with van der Waals surface area (Å²) in [6.07, 6.45) is 0.489. The van der Waals surface area contributed by atoms with Crippen LogP contribution >= 0.6 is 0 Å². The average Bonchev–Trinajstić information content (AvgIpc) is 3.42. The molecule has 0 saturated carbocycles. The third kappa shape index (κ3) is 18.9. The van der Waals surface area contributed by atoms with Crippen LogP contribution in [0.3, 0.4) is 0 Å². The minimum absolute atomic E-state index is 0.00598. The van der Waals surface area contributed by atoms with Crippen molar-refractivity contribution in [2.24, 2.45) is 17.8 Å². The SMILES string of the molecule is CC(C)C[C@@H]1NC(=O)[C@H](CC(C)C)N(C)C(=O)[C@H](C)NC(=O)[C@H](Cc2ccccc2)N(C)C(=O)[C@H](C)N(C)C(=O)CNC(=O)[C@H](CC(C)C)N(C)C(=O)[C@H](C)N(C)C(=O)CNC(=O)[C@H](Cc2ccccc2)NC(=O)[C@H](C)N(C)C1=O. The van der Waals surface area contributed by atoms with Gasteiger partial charge in [-0.2, -0.15) is 0 Å². The van der Waals surface area contributed by atoms with E-state index in [1.165, 1.54) is 89.6 Å². The van der Waals surface area contributed by atoms with Gasteiger partial charge in [-0.3, -0.25) is 52.7 Å². The van der Waals surface area contributed by atoms with Gasteiger partial charge >= 0.3 is 0 Å². The van der Waals surface area contributed by atoms with E-state index >= 15 is 0 Å². The van der Waals surface area contributed by atoms with Gasteiger partial charge in [0.2, 0.25) is 65.0 Å². The first kappa shape index (κ1) is 66.9. The van der Waals surface area contributed by atoms with Crippen molar-refractivity contribution in [1.29, 1.82) is 0 Å². The molecule has 1 aliphatic heterocycles. The van der Waals surface area contributed by atoms with Gasteiger partial charge in [-0.15, -0.1) is 0 Å². The molecule has 1 saturated heterocycles. The number of carbonyl (C=O) groups is 11. The summed E-state index contributed by atoms with van der Waals surface area (Å²) in [5.74, 6) is -7.70. The largest absolute Gasteiger partial charge is 0.345 e. The number of nitrogens with one attached hydrogen (secondary N) is 5. The monoisotopic (exact) mass is 1120 g/mol. The molecule has 1 heterocycles. The van der Waals surface area contributed by atoms with Gasteiger partial charge in [0.25, 0.3) is 0 Å². The van der Waals surface area contributed by atoms with Crippen LogP contribution in [0, 0.1) is 17.8 Å². The molecule has 22 nitrogen and oxygen atoms in total. The Morgan fingerprint density at radius 1 is 0.388 bits per heavy atom. The highest BCUT2D eigenvalue weighted by atomic mass is 16.2. The predicted molar refractivity (Wildman–Crippen MR) is 303 cm³/mol. The van der Waals surface area contributed by atoms with E-state index in [1.807, 2.05) is 41.5 Å². The van der Waals surface area contributed by atoms with E-state index < -0.39 is 132 Å². The van der Waals surface area contributed by atoms with E-state index in [-0.39, 0.29) is 49.9 Å². The van der Waals surface area contributed by atoms with Gasteiger partial charge in [0.15, 0.2) is 0 Å². The Morgan fingerprint density at radius 2 is 0.775 bits per heavy atom. The molecule has 2 aromatic carbocycles. The summed E-state index contributed by atoms with van der Waals surface area (Å²) >= 11 is 0. The maximum absolute atomic E-state index is 14.5. The first-order valence-electron chi connectivity index (χ1n) is 27.5. The number of carbonyl (C=O) groups excluding carboxylic acids is 11. The number of nitrogens with zero attached hydrogens (tertiary/aromatic N) is 6. The molecule has 1 fully saturated rings. The van der Waals surface area contributed by atoms with Crippen molar-refractivity contribution >= 4 is 65.0 Å². The minimum atomic E-state index is -1.25. The molecule has 22 heteroatoms. The van der Waals surface area contributed by atoms with Crippen LogP contribution in [-0.4, -0.2) is 204 Å². The molecule has 80 heavy (non-hydrogen) atoms. The molecule has 11 amide bonds. The fourth-order valence-electron chi connectivity index (χ4n) is 9.25. The zero-order valence-corrected chi connectivity index (χ0v) is 49.8. The second kappa shape index (κ2) is 30.8. The van der Waals surface area contributed by atoms with Crippen molar-refractivity contribution in [2.75, 3.05) is 55.4 Å². The zero-order chi connectivity index (χ0) is 60.5. The lowest BCUT2D eigenvalue weighted by Gasteiger charge is -2.35. The Labute approximate surface area is 472 Å². The average molecular weight is 1120 g/mol. The van der Waals surface area contributed by atoms with Crippen molar-refractivity contribution in [3.8, 4) is 0 Å². The third-order valence-corrected chi connectivity index (χ3v) is 14.8. The molecule has 1 aliphatic rings. The molecule has 9 atom stereocenters. The number of likely N-dealkylation sites (N-methyl/N-ethyl adjacent to an activating group) is 6. The molecule has 2 aromatic rings. The molecule has 0 radical (unpaired) electrons. The van der Waals surface area contributed by atoms with Gasteiger partial charge in [-0.05, 0) is 75.8 Å². The maximum Gasteiger partial charge on any atom is 0.245 e. The standard InChI is InChI=1S/C58H89N11O11/c1-34(2)27-44-58(80)66(13)38(8)50(72)62-43(30-41-23-19-17-20-24-41)51(73)59-32-48(70)64(11)39(9)56(78)68(15)45(28-35(3)4)52(74)60-33-49(71)65(12)40(10)57(79)69(16)47(31-42-25-21-18-22-26-42)53(75)61-37(7)55(77)67(14)46(29-36(5)6)54(76)63-44/h17-26,34-40,43-47H,27-33H2,1-16H3,(H,59,73)(H,60,74)(H,61,75)(H,62,72)(H,63,76)/t37-,38-,39-,40-,43-,44-,45-,46-,47-/m0/s1. The van der Waals surface area contributed by atoms with Gasteiger partial charge in [0, 0.05) is 55.1 Å². The number of hydrogen-bond donors (Lipinski definition) is 5. The van der Waals surface area contributed by atoms with Crippen LogP contribution in [0.4, 0.5) is 0 Å². The topological polar surface area (TPSA) is 267 Å². The molecule has 0 spiro atoms. The summed E-state index contributed by atoms with van der Waals surface area (Å²) in [6, 6.07) is 7.13. The molecular weight excluding hydrogens is 1030 g/mol. The van der Waals surface area contributed by atoms with E-state index in [2.05, 4.69) is 26.6 Å². The van der Waals surface area contributed by atoms with E-state index in [9.17, 15) is 52.7 Å². The summed E-state index contributed by atoms with van der Waals surface area (Å²) in [4.78, 5) is 163. The molecule has 0 bridgehead atoms. The maximum atomic E-state index is 14.5. The fourth-order valence-corrected chi connectivity index (χ4v) is 9.25. The smallest absolute Gasteiger partial charge is 0.245 e. The third-order valence-electron chi connectivity index (χ3n) is 14.8. The lowest BCUT2D eigenvalue weighted by atomic mass is 9.98. The number of amides is 11. The Morgan fingerprint density at radius 3 is 1.24 bits per heavy atom. The molecule has 0 aliphatic carbocycles. The fraction of sp³-hybridized carbons (Fsp3) is 0.603. The number of hydrogen-bond acceptors (Lipinski definition) is 11. The van der Waals surface area contributed by atoms with E-state index in [1.54, 1.807) is 60.7 Å². The first-order chi connectivity index (χ1) is 37.4. The van der Waals surface area contributed by atoms with Gasteiger partial charge in [-0.1, -0.05) is 102 Å². The summed E-state index contributed by atoms with van der Waals surface area (Å²) in [5.41, 5.74) is 1.36. The van der Waals surface area contributed by atoms with Gasteiger partial charge < -0.3 is 56.0 Å². The Balaban J connectivity index is 2.13. The second-order valence-electron chi connectivity index (χ2n) is 22.4. The summed E-state index contributed by atoms with van der Waals surface area (Å²) < 4.78 is 0. The Hall–Kier alpha value is -7.39. The van der Waals surface area contributed by atoms with Crippen LogP contribution in [0.15, 0.2) is 60.7 Å². The Kier molecular flexibility index (Phi) is 25.8. The molecule has 0 aromatic heterocycles. The van der Waals surface area contributed by atoms with Crippen molar-refractivity contribution < 1.29 is 52.7 Å². The van der Waals surface area contributed by atoms with Gasteiger partial charge in [0.05, 0.1) is 13.1 Å². The normalized spacial score (nSPS) is 25.5.